The summed E-state index contributed by atoms with van der Waals surface area (Å²) in [5.74, 6) is 1.10. The summed E-state index contributed by atoms with van der Waals surface area (Å²) in [7, 11) is 0. The Morgan fingerprint density at radius 1 is 1.03 bits per heavy atom. The van der Waals surface area contributed by atoms with Gasteiger partial charge < -0.3 is 11.1 Å². The molecule has 3 N–H and O–H groups in total. The average molecular weight is 500 g/mol. The molecule has 2 aliphatic heterocycles. The molecule has 6 rings (SSSR count). The third-order valence-electron chi connectivity index (χ3n) is 7.83. The maximum atomic E-state index is 6.71. The molecule has 5 heterocycles. The SMILES string of the molecule is CCNCN1C2CC[C@H]1CC(c1nc3c(-c4ccc(-c5ccccc5)nc4)cnn3c(N)c1SC)C2. The summed E-state index contributed by atoms with van der Waals surface area (Å²) in [6.45, 7) is 4.17. The van der Waals surface area contributed by atoms with Crippen molar-refractivity contribution in [3.05, 3.63) is 60.6 Å². The van der Waals surface area contributed by atoms with Crippen LogP contribution in [0.5, 0.6) is 0 Å². The number of rotatable bonds is 7. The molecule has 4 aromatic rings. The van der Waals surface area contributed by atoms with Gasteiger partial charge in [-0.1, -0.05) is 43.3 Å². The second-order valence-corrected chi connectivity index (χ2v) is 10.7. The summed E-state index contributed by atoms with van der Waals surface area (Å²) >= 11 is 1.69. The van der Waals surface area contributed by atoms with Crippen molar-refractivity contribution in [1.29, 1.82) is 0 Å². The Kier molecular flexibility index (Phi) is 6.41. The number of nitrogens with zero attached hydrogens (tertiary/aromatic N) is 5. The van der Waals surface area contributed by atoms with Gasteiger partial charge in [-0.15, -0.1) is 11.8 Å². The second kappa shape index (κ2) is 9.84. The zero-order chi connectivity index (χ0) is 24.6. The summed E-state index contributed by atoms with van der Waals surface area (Å²) in [5.41, 5.74) is 12.7. The van der Waals surface area contributed by atoms with Gasteiger partial charge in [0.2, 0.25) is 0 Å². The molecule has 186 valence electrons. The van der Waals surface area contributed by atoms with E-state index in [0.29, 0.717) is 23.8 Å². The summed E-state index contributed by atoms with van der Waals surface area (Å²) in [6.07, 6.45) is 10.7. The molecule has 0 amide bonds. The number of nitrogens with two attached hydrogens (primary N) is 1. The molecule has 0 saturated carbocycles. The van der Waals surface area contributed by atoms with E-state index >= 15 is 0 Å². The Morgan fingerprint density at radius 3 is 2.47 bits per heavy atom. The van der Waals surface area contributed by atoms with E-state index in [4.69, 9.17) is 15.7 Å². The van der Waals surface area contributed by atoms with Crippen molar-refractivity contribution in [2.75, 3.05) is 25.2 Å². The number of nitrogens with one attached hydrogen (secondary N) is 1. The largest absolute Gasteiger partial charge is 0.383 e. The van der Waals surface area contributed by atoms with E-state index in [-0.39, 0.29) is 0 Å². The smallest absolute Gasteiger partial charge is 0.165 e. The summed E-state index contributed by atoms with van der Waals surface area (Å²) < 4.78 is 1.80. The number of hydrogen-bond acceptors (Lipinski definition) is 7. The highest BCUT2D eigenvalue weighted by molar-refractivity contribution is 7.98. The van der Waals surface area contributed by atoms with Crippen LogP contribution < -0.4 is 11.1 Å². The van der Waals surface area contributed by atoms with Gasteiger partial charge in [-0.25, -0.2) is 4.98 Å². The minimum atomic E-state index is 0.413. The second-order valence-electron chi connectivity index (χ2n) is 9.84. The van der Waals surface area contributed by atoms with Crippen molar-refractivity contribution < 1.29 is 0 Å². The highest BCUT2D eigenvalue weighted by atomic mass is 32.2. The van der Waals surface area contributed by atoms with Crippen molar-refractivity contribution in [2.45, 2.75) is 55.5 Å². The number of benzene rings is 1. The fourth-order valence-corrected chi connectivity index (χ4v) is 6.75. The molecule has 0 radical (unpaired) electrons. The summed E-state index contributed by atoms with van der Waals surface area (Å²) in [6, 6.07) is 15.6. The molecule has 2 saturated heterocycles. The number of fused-ring (bicyclic) bond motifs is 3. The van der Waals surface area contributed by atoms with Crippen LogP contribution in [0.4, 0.5) is 5.82 Å². The van der Waals surface area contributed by atoms with Gasteiger partial charge in [0, 0.05) is 47.6 Å². The molecule has 2 bridgehead atoms. The average Bonchev–Trinajstić information content (AvgIpc) is 3.45. The van der Waals surface area contributed by atoms with Crippen LogP contribution in [-0.2, 0) is 0 Å². The highest BCUT2D eigenvalue weighted by Crippen LogP contribution is 2.45. The zero-order valence-electron chi connectivity index (χ0n) is 20.9. The lowest BCUT2D eigenvalue weighted by molar-refractivity contribution is 0.115. The van der Waals surface area contributed by atoms with Crippen LogP contribution in [-0.4, -0.2) is 56.0 Å². The number of pyridine rings is 1. The monoisotopic (exact) mass is 499 g/mol. The Bertz CT molecular complexity index is 1340. The Balaban J connectivity index is 1.36. The van der Waals surface area contributed by atoms with Crippen molar-refractivity contribution in [3.8, 4) is 22.4 Å². The fourth-order valence-electron chi connectivity index (χ4n) is 6.04. The first-order valence-electron chi connectivity index (χ1n) is 12.9. The first-order valence-corrected chi connectivity index (χ1v) is 14.1. The Morgan fingerprint density at radius 2 is 1.81 bits per heavy atom. The Labute approximate surface area is 216 Å². The fraction of sp³-hybridized carbons (Fsp3) is 0.393. The molecular weight excluding hydrogens is 466 g/mol. The molecule has 3 atom stereocenters. The van der Waals surface area contributed by atoms with Crippen LogP contribution in [0.1, 0.15) is 44.2 Å². The van der Waals surface area contributed by atoms with E-state index in [1.54, 1.807) is 16.3 Å². The lowest BCUT2D eigenvalue weighted by Gasteiger charge is -2.39. The number of piperidine rings is 1. The number of hydrogen-bond donors (Lipinski definition) is 2. The molecule has 2 unspecified atom stereocenters. The zero-order valence-corrected chi connectivity index (χ0v) is 21.7. The van der Waals surface area contributed by atoms with E-state index in [0.717, 1.165) is 64.7 Å². The van der Waals surface area contributed by atoms with Crippen molar-refractivity contribution in [2.24, 2.45) is 0 Å². The maximum absolute atomic E-state index is 6.71. The lowest BCUT2D eigenvalue weighted by Crippen LogP contribution is -2.47. The van der Waals surface area contributed by atoms with Crippen LogP contribution in [0, 0.1) is 0 Å². The lowest BCUT2D eigenvalue weighted by atomic mass is 9.88. The van der Waals surface area contributed by atoms with E-state index < -0.39 is 0 Å². The highest BCUT2D eigenvalue weighted by Gasteiger charge is 2.42. The van der Waals surface area contributed by atoms with Gasteiger partial charge in [0.15, 0.2) is 5.65 Å². The van der Waals surface area contributed by atoms with E-state index in [1.165, 1.54) is 12.8 Å². The topological polar surface area (TPSA) is 84.4 Å². The third-order valence-corrected chi connectivity index (χ3v) is 8.65. The van der Waals surface area contributed by atoms with E-state index in [1.807, 2.05) is 30.6 Å². The minimum absolute atomic E-state index is 0.413. The molecule has 2 aliphatic rings. The predicted molar refractivity (Wildman–Crippen MR) is 147 cm³/mol. The van der Waals surface area contributed by atoms with Crippen LogP contribution in [0.15, 0.2) is 59.8 Å². The molecule has 0 aliphatic carbocycles. The van der Waals surface area contributed by atoms with E-state index in [2.05, 4.69) is 52.8 Å². The van der Waals surface area contributed by atoms with Crippen LogP contribution in [0.3, 0.4) is 0 Å². The van der Waals surface area contributed by atoms with Gasteiger partial charge in [-0.2, -0.15) is 9.61 Å². The summed E-state index contributed by atoms with van der Waals surface area (Å²) in [5, 5.41) is 8.16. The number of nitrogen functional groups attached to an aromatic ring is 1. The molecule has 36 heavy (non-hydrogen) atoms. The van der Waals surface area contributed by atoms with Gasteiger partial charge in [0.25, 0.3) is 0 Å². The van der Waals surface area contributed by atoms with Crippen molar-refractivity contribution in [3.63, 3.8) is 0 Å². The van der Waals surface area contributed by atoms with Crippen molar-refractivity contribution >= 4 is 23.2 Å². The van der Waals surface area contributed by atoms with Crippen LogP contribution >= 0.6 is 11.8 Å². The van der Waals surface area contributed by atoms with Gasteiger partial charge >= 0.3 is 0 Å². The van der Waals surface area contributed by atoms with Gasteiger partial charge in [0.1, 0.15) is 5.82 Å². The predicted octanol–water partition coefficient (Wildman–Crippen LogP) is 5.04. The molecule has 0 spiro atoms. The molecule has 7 nitrogen and oxygen atoms in total. The molecular formula is C28H33N7S. The molecule has 8 heteroatoms. The summed E-state index contributed by atoms with van der Waals surface area (Å²) in [4.78, 5) is 13.7. The van der Waals surface area contributed by atoms with Gasteiger partial charge in [-0.3, -0.25) is 9.88 Å². The van der Waals surface area contributed by atoms with Crippen molar-refractivity contribution in [1.82, 2.24) is 29.8 Å². The quantitative estimate of drug-likeness (QED) is 0.345. The standard InChI is InChI=1S/C28H33N7S/c1-3-30-17-34-21-10-11-22(34)14-20(13-21)25-26(36-2)27(29)35-28(33-25)23(16-32-35)19-9-12-24(31-15-19)18-7-5-4-6-8-18/h4-9,12,15-16,20-22,30H,3,10-11,13-14,17,29H2,1-2H3/t20?,21-,22?/m0/s1. The van der Waals surface area contributed by atoms with Gasteiger partial charge in [0.05, 0.1) is 22.5 Å². The molecule has 3 aromatic heterocycles. The van der Waals surface area contributed by atoms with Crippen LogP contribution in [0.2, 0.25) is 0 Å². The first kappa shape index (κ1) is 23.5. The minimum Gasteiger partial charge on any atom is -0.383 e. The first-order chi connectivity index (χ1) is 17.7. The molecule has 1 aromatic carbocycles. The maximum Gasteiger partial charge on any atom is 0.165 e. The normalized spacial score (nSPS) is 21.9. The third kappa shape index (κ3) is 4.07. The van der Waals surface area contributed by atoms with Crippen LogP contribution in [0.25, 0.3) is 28.0 Å². The van der Waals surface area contributed by atoms with E-state index in [9.17, 15) is 0 Å². The number of aromatic nitrogens is 4. The Hall–Kier alpha value is -2.94. The number of thioether (sulfide) groups is 1. The molecule has 2 fully saturated rings. The van der Waals surface area contributed by atoms with Gasteiger partial charge in [-0.05, 0) is 44.6 Å². The number of anilines is 1.